The minimum atomic E-state index is -0.532. The van der Waals surface area contributed by atoms with E-state index in [1.807, 2.05) is 24.5 Å². The molecule has 0 spiro atoms. The second-order valence-corrected chi connectivity index (χ2v) is 9.49. The molecule has 0 radical (unpaired) electrons. The molecule has 1 unspecified atom stereocenters. The molecule has 0 fully saturated rings. The molecule has 2 N–H and O–H groups in total. The van der Waals surface area contributed by atoms with Gasteiger partial charge in [-0.05, 0) is 60.1 Å². The predicted molar refractivity (Wildman–Crippen MR) is 138 cm³/mol. The van der Waals surface area contributed by atoms with Crippen LogP contribution in [0.2, 0.25) is 5.02 Å². The number of rotatable bonds is 9. The largest absolute Gasteiger partial charge is 0.465 e. The van der Waals surface area contributed by atoms with Crippen LogP contribution < -0.4 is 10.6 Å². The molecule has 0 aliphatic carbocycles. The van der Waals surface area contributed by atoms with Crippen molar-refractivity contribution in [1.29, 1.82) is 0 Å². The van der Waals surface area contributed by atoms with Crippen molar-refractivity contribution in [3.05, 3.63) is 68.9 Å². The van der Waals surface area contributed by atoms with Crippen molar-refractivity contribution in [1.82, 2.24) is 20.1 Å². The van der Waals surface area contributed by atoms with Gasteiger partial charge in [0.1, 0.15) is 0 Å². The fourth-order valence-corrected chi connectivity index (χ4v) is 4.63. The number of aromatic nitrogens is 3. The molecule has 9 nitrogen and oxygen atoms in total. The van der Waals surface area contributed by atoms with E-state index in [9.17, 15) is 14.4 Å². The van der Waals surface area contributed by atoms with Gasteiger partial charge in [0.25, 0.3) is 5.91 Å². The van der Waals surface area contributed by atoms with E-state index in [1.165, 1.54) is 37.1 Å². The average molecular weight is 581 g/mol. The van der Waals surface area contributed by atoms with Gasteiger partial charge in [0.05, 0.1) is 40.7 Å². The molecule has 1 aromatic heterocycles. The maximum absolute atomic E-state index is 12.7. The van der Waals surface area contributed by atoms with Gasteiger partial charge in [0, 0.05) is 11.0 Å². The Hall–Kier alpha value is -2.89. The maximum Gasteiger partial charge on any atom is 0.337 e. The number of hydrogen-bond donors (Lipinski definition) is 2. The lowest BCUT2D eigenvalue weighted by atomic mass is 10.2. The number of carbonyl (C=O) groups is 3. The first-order chi connectivity index (χ1) is 16.7. The third kappa shape index (κ3) is 6.62. The molecular weight excluding hydrogens is 558 g/mol. The summed E-state index contributed by atoms with van der Waals surface area (Å²) in [5, 5.41) is 14.9. The molecule has 0 aliphatic heterocycles. The van der Waals surface area contributed by atoms with Crippen LogP contribution in [0.25, 0.3) is 0 Å². The quantitative estimate of drug-likeness (QED) is 0.278. The van der Waals surface area contributed by atoms with Crippen LogP contribution in [0.5, 0.6) is 0 Å². The average Bonchev–Trinajstić information content (AvgIpc) is 3.27. The van der Waals surface area contributed by atoms with E-state index in [0.717, 1.165) is 0 Å². The van der Waals surface area contributed by atoms with Gasteiger partial charge in [-0.15, -0.1) is 10.2 Å². The number of carbonyl (C=O) groups excluding carboxylic acids is 3. The fraction of sp³-hybridized carbons (Fsp3) is 0.261. The zero-order valence-corrected chi connectivity index (χ0v) is 22.3. The lowest BCUT2D eigenvalue weighted by Crippen LogP contribution is -2.29. The summed E-state index contributed by atoms with van der Waals surface area (Å²) in [5.41, 5.74) is 1.10. The number of esters is 1. The summed E-state index contributed by atoms with van der Waals surface area (Å²) in [5.74, 6) is -0.494. The third-order valence-electron chi connectivity index (χ3n) is 4.91. The summed E-state index contributed by atoms with van der Waals surface area (Å²) in [7, 11) is 1.27. The van der Waals surface area contributed by atoms with E-state index in [2.05, 4.69) is 36.8 Å². The predicted octanol–water partition coefficient (Wildman–Crippen LogP) is 4.72. The molecule has 1 atom stereocenters. The lowest BCUT2D eigenvalue weighted by Gasteiger charge is -2.15. The standard InChI is InChI=1S/C23H23BrClN5O4S/c1-4-30-20(13(2)26-21(32)15-7-5-6-8-16(15)24)28-29-23(30)35-12-19(31)27-18-11-14(22(33)34-3)9-10-17(18)25/h5-11,13H,4,12H2,1-3H3,(H,26,32)(H,27,31). The normalized spacial score (nSPS) is 11.6. The molecule has 184 valence electrons. The van der Waals surface area contributed by atoms with Crippen LogP contribution in [0.15, 0.2) is 52.1 Å². The number of thioether (sulfide) groups is 1. The molecule has 0 saturated heterocycles. The van der Waals surface area contributed by atoms with Gasteiger partial charge < -0.3 is 19.9 Å². The van der Waals surface area contributed by atoms with Crippen molar-refractivity contribution < 1.29 is 19.1 Å². The molecule has 3 aromatic rings. The van der Waals surface area contributed by atoms with E-state index in [4.69, 9.17) is 16.3 Å². The van der Waals surface area contributed by atoms with Crippen molar-refractivity contribution in [2.24, 2.45) is 0 Å². The Labute approximate surface area is 220 Å². The molecule has 2 aromatic carbocycles. The monoisotopic (exact) mass is 579 g/mol. The van der Waals surface area contributed by atoms with E-state index >= 15 is 0 Å². The molecular formula is C23H23BrClN5O4S. The van der Waals surface area contributed by atoms with Crippen LogP contribution in [-0.2, 0) is 16.1 Å². The van der Waals surface area contributed by atoms with Crippen LogP contribution in [0, 0.1) is 0 Å². The van der Waals surface area contributed by atoms with E-state index in [-0.39, 0.29) is 23.1 Å². The number of nitrogens with one attached hydrogen (secondary N) is 2. The minimum Gasteiger partial charge on any atom is -0.465 e. The topological polar surface area (TPSA) is 115 Å². The first-order valence-electron chi connectivity index (χ1n) is 10.5. The van der Waals surface area contributed by atoms with E-state index < -0.39 is 12.0 Å². The summed E-state index contributed by atoms with van der Waals surface area (Å²) in [6, 6.07) is 11.2. The molecule has 35 heavy (non-hydrogen) atoms. The van der Waals surface area contributed by atoms with Gasteiger partial charge in [-0.3, -0.25) is 9.59 Å². The van der Waals surface area contributed by atoms with Gasteiger partial charge in [-0.1, -0.05) is 35.5 Å². The van der Waals surface area contributed by atoms with Crippen molar-refractivity contribution in [3.8, 4) is 0 Å². The SMILES string of the molecule is CCn1c(SCC(=O)Nc2cc(C(=O)OC)ccc2Cl)nnc1C(C)NC(=O)c1ccccc1Br. The Bertz CT molecular complexity index is 1250. The zero-order valence-electron chi connectivity index (χ0n) is 19.2. The number of nitrogens with zero attached hydrogens (tertiary/aromatic N) is 3. The van der Waals surface area contributed by atoms with Gasteiger partial charge in [0.15, 0.2) is 11.0 Å². The summed E-state index contributed by atoms with van der Waals surface area (Å²) in [6.07, 6.45) is 0. The van der Waals surface area contributed by atoms with Crippen molar-refractivity contribution in [2.45, 2.75) is 31.6 Å². The van der Waals surface area contributed by atoms with Crippen molar-refractivity contribution in [3.63, 3.8) is 0 Å². The Morgan fingerprint density at radius 1 is 1.20 bits per heavy atom. The number of halogens is 2. The van der Waals surface area contributed by atoms with Gasteiger partial charge >= 0.3 is 5.97 Å². The highest BCUT2D eigenvalue weighted by Crippen LogP contribution is 2.25. The zero-order chi connectivity index (χ0) is 25.5. The van der Waals surface area contributed by atoms with Crippen LogP contribution in [-0.4, -0.2) is 45.4 Å². The van der Waals surface area contributed by atoms with Crippen LogP contribution in [0.3, 0.4) is 0 Å². The molecule has 0 bridgehead atoms. The van der Waals surface area contributed by atoms with E-state index in [1.54, 1.807) is 18.2 Å². The van der Waals surface area contributed by atoms with Gasteiger partial charge in [0.2, 0.25) is 5.91 Å². The van der Waals surface area contributed by atoms with Gasteiger partial charge in [-0.2, -0.15) is 0 Å². The molecule has 1 heterocycles. The highest BCUT2D eigenvalue weighted by atomic mass is 79.9. The van der Waals surface area contributed by atoms with E-state index in [0.29, 0.717) is 38.3 Å². The summed E-state index contributed by atoms with van der Waals surface area (Å²) >= 11 is 10.7. The first kappa shape index (κ1) is 26.7. The van der Waals surface area contributed by atoms with Crippen molar-refractivity contribution in [2.75, 3.05) is 18.2 Å². The molecule has 3 rings (SSSR count). The minimum absolute atomic E-state index is 0.0363. The Morgan fingerprint density at radius 2 is 1.94 bits per heavy atom. The number of hydrogen-bond acceptors (Lipinski definition) is 7. The Balaban J connectivity index is 1.65. The van der Waals surface area contributed by atoms with Crippen LogP contribution in [0.4, 0.5) is 5.69 Å². The number of amides is 2. The molecule has 0 saturated carbocycles. The van der Waals surface area contributed by atoms with Crippen LogP contribution in [0.1, 0.15) is 46.4 Å². The van der Waals surface area contributed by atoms with Crippen molar-refractivity contribution >= 4 is 62.8 Å². The maximum atomic E-state index is 12.7. The molecule has 12 heteroatoms. The first-order valence-corrected chi connectivity index (χ1v) is 12.7. The number of ether oxygens (including phenoxy) is 1. The number of anilines is 1. The van der Waals surface area contributed by atoms with Crippen LogP contribution >= 0.6 is 39.3 Å². The summed E-state index contributed by atoms with van der Waals surface area (Å²) in [4.78, 5) is 36.9. The highest BCUT2D eigenvalue weighted by molar-refractivity contribution is 9.10. The van der Waals surface area contributed by atoms with Gasteiger partial charge in [-0.25, -0.2) is 4.79 Å². The summed E-state index contributed by atoms with van der Waals surface area (Å²) < 4.78 is 7.23. The molecule has 2 amide bonds. The smallest absolute Gasteiger partial charge is 0.337 e. The molecule has 0 aliphatic rings. The highest BCUT2D eigenvalue weighted by Gasteiger charge is 2.21. The Morgan fingerprint density at radius 3 is 2.63 bits per heavy atom. The third-order valence-corrected chi connectivity index (χ3v) is 6.90. The number of benzene rings is 2. The Kier molecular flexibility index (Phi) is 9.30. The second-order valence-electron chi connectivity index (χ2n) is 7.28. The summed E-state index contributed by atoms with van der Waals surface area (Å²) in [6.45, 7) is 4.30. The fourth-order valence-electron chi connectivity index (χ4n) is 3.19. The second kappa shape index (κ2) is 12.2. The number of methoxy groups -OCH3 is 1. The lowest BCUT2D eigenvalue weighted by molar-refractivity contribution is -0.113.